The predicted octanol–water partition coefficient (Wildman–Crippen LogP) is 3.17. The molecule has 2 nitrogen and oxygen atoms in total. The van der Waals surface area contributed by atoms with E-state index in [0.717, 1.165) is 26.1 Å². The van der Waals surface area contributed by atoms with Crippen LogP contribution in [0.2, 0.25) is 0 Å². The summed E-state index contributed by atoms with van der Waals surface area (Å²) in [7, 11) is 0. The second-order valence-corrected chi connectivity index (χ2v) is 4.82. The van der Waals surface area contributed by atoms with Crippen molar-refractivity contribution in [2.45, 2.75) is 47.5 Å². The fraction of sp³-hybridized carbons (Fsp3) is 1.00. The Bertz CT molecular complexity index is 113. The van der Waals surface area contributed by atoms with Crippen molar-refractivity contribution in [1.82, 2.24) is 5.06 Å². The molecule has 0 aromatic carbocycles. The first-order valence-electron chi connectivity index (χ1n) is 5.94. The van der Waals surface area contributed by atoms with Crippen molar-refractivity contribution >= 4 is 0 Å². The summed E-state index contributed by atoms with van der Waals surface area (Å²) in [6, 6.07) is 0. The zero-order chi connectivity index (χ0) is 11.0. The zero-order valence-electron chi connectivity index (χ0n) is 10.5. The highest BCUT2D eigenvalue weighted by Crippen LogP contribution is 2.02. The molecular formula is C12H27NO+. The lowest BCUT2D eigenvalue weighted by Gasteiger charge is -2.13. The second-order valence-electron chi connectivity index (χ2n) is 4.82. The van der Waals surface area contributed by atoms with Crippen molar-refractivity contribution in [1.29, 1.82) is 0 Å². The summed E-state index contributed by atoms with van der Waals surface area (Å²) < 4.78 is 0. The van der Waals surface area contributed by atoms with Gasteiger partial charge in [-0.15, -0.1) is 4.84 Å². The van der Waals surface area contributed by atoms with Gasteiger partial charge in [-0.2, -0.15) is 0 Å². The van der Waals surface area contributed by atoms with Gasteiger partial charge >= 0.3 is 0 Å². The van der Waals surface area contributed by atoms with Crippen LogP contribution in [-0.2, 0) is 4.84 Å². The molecule has 0 aliphatic heterocycles. The van der Waals surface area contributed by atoms with Crippen LogP contribution in [0, 0.1) is 11.8 Å². The monoisotopic (exact) mass is 201 g/mol. The van der Waals surface area contributed by atoms with Gasteiger partial charge in [-0.05, 0) is 11.5 Å². The van der Waals surface area contributed by atoms with Gasteiger partial charge in [0.1, 0.15) is 6.61 Å². The fourth-order valence-corrected chi connectivity index (χ4v) is 1.33. The van der Waals surface area contributed by atoms with Crippen LogP contribution in [-0.4, -0.2) is 19.7 Å². The highest BCUT2D eigenvalue weighted by atomic mass is 16.7. The molecule has 0 atom stereocenters. The molecule has 1 radical (unpaired) electrons. The molecule has 0 aromatic rings. The first kappa shape index (κ1) is 13.9. The van der Waals surface area contributed by atoms with Crippen LogP contribution in [0.5, 0.6) is 0 Å². The summed E-state index contributed by atoms with van der Waals surface area (Å²) in [5, 5.41) is 2.13. The lowest BCUT2D eigenvalue weighted by atomic mass is 10.2. The third kappa shape index (κ3) is 8.52. The number of hydrogen-bond donors (Lipinski definition) is 0. The SMILES string of the molecule is CCCCO[N+](CC(C)C)CC(C)C. The van der Waals surface area contributed by atoms with Gasteiger partial charge in [-0.3, -0.25) is 0 Å². The molecule has 0 N–H and O–H groups in total. The Kier molecular flexibility index (Phi) is 8.20. The summed E-state index contributed by atoms with van der Waals surface area (Å²) in [4.78, 5) is 5.74. The molecule has 2 heteroatoms. The summed E-state index contributed by atoms with van der Waals surface area (Å²) in [6.45, 7) is 14.1. The zero-order valence-corrected chi connectivity index (χ0v) is 10.5. The maximum atomic E-state index is 5.74. The quantitative estimate of drug-likeness (QED) is 0.334. The van der Waals surface area contributed by atoms with E-state index in [9.17, 15) is 0 Å². The Labute approximate surface area is 89.6 Å². The molecule has 85 valence electrons. The third-order valence-corrected chi connectivity index (χ3v) is 1.91. The van der Waals surface area contributed by atoms with E-state index in [2.05, 4.69) is 39.7 Å². The van der Waals surface area contributed by atoms with Crippen LogP contribution in [0.15, 0.2) is 0 Å². The summed E-state index contributed by atoms with van der Waals surface area (Å²) >= 11 is 0. The van der Waals surface area contributed by atoms with Crippen molar-refractivity contribution in [2.75, 3.05) is 19.7 Å². The average Bonchev–Trinajstić information content (AvgIpc) is 2.02. The minimum absolute atomic E-state index is 0.676. The molecule has 0 bridgehead atoms. The molecule has 0 saturated heterocycles. The minimum atomic E-state index is 0.676. The molecule has 0 amide bonds. The van der Waals surface area contributed by atoms with Crippen LogP contribution >= 0.6 is 0 Å². The molecular weight excluding hydrogens is 174 g/mol. The first-order chi connectivity index (χ1) is 6.56. The van der Waals surface area contributed by atoms with E-state index in [-0.39, 0.29) is 0 Å². The molecule has 0 saturated carbocycles. The normalized spacial score (nSPS) is 12.0. The van der Waals surface area contributed by atoms with E-state index in [0.29, 0.717) is 11.8 Å². The van der Waals surface area contributed by atoms with Crippen molar-refractivity contribution in [3.63, 3.8) is 0 Å². The molecule has 0 aliphatic carbocycles. The van der Waals surface area contributed by atoms with Crippen LogP contribution in [0.1, 0.15) is 47.5 Å². The fourth-order valence-electron chi connectivity index (χ4n) is 1.33. The summed E-state index contributed by atoms with van der Waals surface area (Å²) in [5.41, 5.74) is 0. The van der Waals surface area contributed by atoms with Gasteiger partial charge in [0.2, 0.25) is 0 Å². The van der Waals surface area contributed by atoms with Crippen molar-refractivity contribution in [3.05, 3.63) is 0 Å². The number of nitrogens with zero attached hydrogens (tertiary/aromatic N) is 1. The van der Waals surface area contributed by atoms with E-state index in [1.54, 1.807) is 0 Å². The average molecular weight is 201 g/mol. The van der Waals surface area contributed by atoms with E-state index >= 15 is 0 Å². The van der Waals surface area contributed by atoms with E-state index < -0.39 is 0 Å². The molecule has 14 heavy (non-hydrogen) atoms. The van der Waals surface area contributed by atoms with Crippen LogP contribution in [0.25, 0.3) is 0 Å². The van der Waals surface area contributed by atoms with Crippen molar-refractivity contribution in [2.24, 2.45) is 11.8 Å². The standard InChI is InChI=1S/C12H27NO/c1-6-7-8-14-13(9-11(2)3)10-12(4)5/h11-12H,6-10H2,1-5H3/q+1. The van der Waals surface area contributed by atoms with Crippen LogP contribution in [0.3, 0.4) is 0 Å². The molecule has 0 rings (SSSR count). The van der Waals surface area contributed by atoms with Gasteiger partial charge in [0.15, 0.2) is 13.1 Å². The number of hydroxylamine groups is 2. The summed E-state index contributed by atoms with van der Waals surface area (Å²) in [5.74, 6) is 1.35. The van der Waals surface area contributed by atoms with Gasteiger partial charge in [0.25, 0.3) is 0 Å². The largest absolute Gasteiger partial charge is 0.162 e. The molecule has 0 fully saturated rings. The van der Waals surface area contributed by atoms with Gasteiger partial charge in [-0.1, -0.05) is 41.0 Å². The second kappa shape index (κ2) is 8.25. The van der Waals surface area contributed by atoms with Gasteiger partial charge in [-0.25, -0.2) is 0 Å². The summed E-state index contributed by atoms with van der Waals surface area (Å²) in [6.07, 6.45) is 2.36. The van der Waals surface area contributed by atoms with Gasteiger partial charge < -0.3 is 0 Å². The first-order valence-corrected chi connectivity index (χ1v) is 5.94. The Morgan fingerprint density at radius 3 is 1.86 bits per heavy atom. The highest BCUT2D eigenvalue weighted by molar-refractivity contribution is 4.58. The number of hydrogen-bond acceptors (Lipinski definition) is 2. The Morgan fingerprint density at radius 1 is 1.00 bits per heavy atom. The Balaban J connectivity index is 3.72. The molecule has 0 spiro atoms. The smallest absolute Gasteiger partial charge is 0.149 e. The highest BCUT2D eigenvalue weighted by Gasteiger charge is 2.20. The predicted molar refractivity (Wildman–Crippen MR) is 62.4 cm³/mol. The molecule has 0 unspecified atom stereocenters. The van der Waals surface area contributed by atoms with E-state index in [4.69, 9.17) is 4.84 Å². The van der Waals surface area contributed by atoms with Crippen LogP contribution in [0.4, 0.5) is 0 Å². The molecule has 0 aliphatic rings. The lowest BCUT2D eigenvalue weighted by molar-refractivity contribution is -0.0843. The third-order valence-electron chi connectivity index (χ3n) is 1.91. The lowest BCUT2D eigenvalue weighted by Crippen LogP contribution is -2.37. The topological polar surface area (TPSA) is 15.1 Å². The van der Waals surface area contributed by atoms with Gasteiger partial charge in [0, 0.05) is 11.8 Å². The number of unbranched alkanes of at least 4 members (excludes halogenated alkanes) is 1. The van der Waals surface area contributed by atoms with Crippen molar-refractivity contribution < 1.29 is 4.84 Å². The Hall–Kier alpha value is -0.0800. The molecule has 0 heterocycles. The van der Waals surface area contributed by atoms with Crippen LogP contribution < -0.4 is 5.06 Å². The van der Waals surface area contributed by atoms with E-state index in [1.165, 1.54) is 6.42 Å². The van der Waals surface area contributed by atoms with E-state index in [1.807, 2.05) is 0 Å². The maximum Gasteiger partial charge on any atom is 0.162 e. The molecule has 0 aromatic heterocycles. The number of rotatable bonds is 8. The Morgan fingerprint density at radius 2 is 1.50 bits per heavy atom. The maximum absolute atomic E-state index is 5.74. The van der Waals surface area contributed by atoms with Crippen molar-refractivity contribution in [3.8, 4) is 0 Å². The van der Waals surface area contributed by atoms with Gasteiger partial charge in [0.05, 0.1) is 0 Å². The minimum Gasteiger partial charge on any atom is -0.149 e.